The normalized spacial score (nSPS) is 29.6. The third-order valence-corrected chi connectivity index (χ3v) is 14.0. The number of fused-ring (bicyclic) bond motifs is 3. The largest absolute Gasteiger partial charge is 0.491 e. The van der Waals surface area contributed by atoms with Crippen molar-refractivity contribution in [2.24, 2.45) is 23.7 Å². The van der Waals surface area contributed by atoms with Crippen LogP contribution in [0.15, 0.2) is 36.5 Å². The van der Waals surface area contributed by atoms with E-state index >= 15 is 0 Å². The number of benzene rings is 1. The highest BCUT2D eigenvalue weighted by molar-refractivity contribution is 7.91. The van der Waals surface area contributed by atoms with Crippen LogP contribution in [0.2, 0.25) is 0 Å². The summed E-state index contributed by atoms with van der Waals surface area (Å²) in [5.74, 6) is -3.65. The van der Waals surface area contributed by atoms with E-state index in [0.717, 1.165) is 17.7 Å². The van der Waals surface area contributed by atoms with Crippen LogP contribution in [0.25, 0.3) is 10.8 Å². The Morgan fingerprint density at radius 3 is 2.47 bits per heavy atom. The molecule has 328 valence electrons. The molecule has 1 aromatic carbocycles. The van der Waals surface area contributed by atoms with Crippen molar-refractivity contribution in [1.82, 2.24) is 25.2 Å². The number of hydrogen-bond donors (Lipinski definition) is 3. The number of carbonyl (C=O) groups is 4. The molecule has 0 unspecified atom stereocenters. The van der Waals surface area contributed by atoms with Gasteiger partial charge in [0.05, 0.1) is 30.0 Å². The molecule has 14 nitrogen and oxygen atoms in total. The van der Waals surface area contributed by atoms with Gasteiger partial charge in [0.2, 0.25) is 33.3 Å². The summed E-state index contributed by atoms with van der Waals surface area (Å²) in [6, 6.07) is 1.16. The van der Waals surface area contributed by atoms with E-state index in [-0.39, 0.29) is 36.6 Å². The summed E-state index contributed by atoms with van der Waals surface area (Å²) in [5, 5.41) is 5.17. The number of halogens is 4. The van der Waals surface area contributed by atoms with Crippen LogP contribution in [0.1, 0.15) is 85.5 Å². The second-order valence-electron chi connectivity index (χ2n) is 17.6. The quantitative estimate of drug-likeness (QED) is 0.206. The number of aromatic nitrogens is 1. The number of ether oxygens (including phenoxy) is 3. The SMILES string of the molecule is C[C@@H]1CC/C=C\[C@@H]2C[C@@]2(C(=O)NS(=O)(=O)C2CC2)NC(=O)[C@@H]2C[C@@H](Oc3ncc(OCC4CC4)c4ccc(F)cc34)CN2C(=O)[C@@H](NC(=O)OC(C)(C)C(F)(F)F)[C@H](C)C1. The Labute approximate surface area is 345 Å². The van der Waals surface area contributed by atoms with Crippen LogP contribution < -0.4 is 24.8 Å². The molecule has 4 amide bonds. The number of alkyl carbamates (subject to hydrolysis) is 1. The van der Waals surface area contributed by atoms with Crippen molar-refractivity contribution in [3.8, 4) is 11.6 Å². The van der Waals surface area contributed by atoms with E-state index in [0.29, 0.717) is 69.6 Å². The highest BCUT2D eigenvalue weighted by Gasteiger charge is 2.62. The average molecular weight is 866 g/mol. The minimum absolute atomic E-state index is 0.0211. The minimum atomic E-state index is -4.93. The number of rotatable bonds is 10. The second-order valence-corrected chi connectivity index (χ2v) is 19.6. The number of alkyl halides is 3. The molecule has 0 bridgehead atoms. The summed E-state index contributed by atoms with van der Waals surface area (Å²) >= 11 is 0. The maximum absolute atomic E-state index is 14.8. The van der Waals surface area contributed by atoms with Crippen LogP contribution in [0, 0.1) is 29.5 Å². The number of pyridine rings is 1. The molecule has 0 radical (unpaired) electrons. The summed E-state index contributed by atoms with van der Waals surface area (Å²) in [4.78, 5) is 61.8. The number of carbonyl (C=O) groups excluding carboxylic acids is 4. The van der Waals surface area contributed by atoms with Gasteiger partial charge in [-0.1, -0.05) is 26.0 Å². The van der Waals surface area contributed by atoms with Gasteiger partial charge in [0, 0.05) is 17.7 Å². The fourth-order valence-corrected chi connectivity index (χ4v) is 9.33. The standard InChI is InChI=1S/C41H51F4N5O9S/c1-22-7-5-6-8-25-18-40(25,37(53)49-60(55,56)28-12-13-28)48-34(51)31-17-27(58-35-30-16-26(42)11-14-29(30)32(19-46-35)57-21-24-9-10-24)20-50(31)36(52)33(23(2)15-22)47-38(54)59-39(3,4)41(43,44)45/h6,8,11,14,16,19,22-25,27-28,31,33H,5,7,9-10,12-13,15,17-18,20-21H2,1-4H3,(H,47,54)(H,48,51)(H,49,53)/b8-6-/t22-,23-,25-,27-,31+,33+,40-/m1/s1. The molecule has 3 saturated carbocycles. The number of hydrogen-bond acceptors (Lipinski definition) is 10. The summed E-state index contributed by atoms with van der Waals surface area (Å²) in [5.41, 5.74) is -4.58. The van der Waals surface area contributed by atoms with Crippen molar-refractivity contribution in [2.75, 3.05) is 13.2 Å². The molecule has 60 heavy (non-hydrogen) atoms. The number of sulfonamides is 1. The zero-order chi connectivity index (χ0) is 43.4. The molecule has 3 heterocycles. The van der Waals surface area contributed by atoms with Crippen molar-refractivity contribution >= 4 is 44.6 Å². The third-order valence-electron chi connectivity index (χ3n) is 12.1. The molecule has 2 aromatic rings. The molecule has 1 aromatic heterocycles. The molecular weight excluding hydrogens is 815 g/mol. The smallest absolute Gasteiger partial charge is 0.427 e. The number of nitrogens with one attached hydrogen (secondary N) is 3. The van der Waals surface area contributed by atoms with Gasteiger partial charge in [-0.15, -0.1) is 0 Å². The molecule has 5 aliphatic rings. The first-order valence-corrected chi connectivity index (χ1v) is 22.0. The molecule has 7 atom stereocenters. The van der Waals surface area contributed by atoms with Crippen molar-refractivity contribution in [3.05, 3.63) is 42.4 Å². The highest BCUT2D eigenvalue weighted by atomic mass is 32.2. The Morgan fingerprint density at radius 1 is 1.05 bits per heavy atom. The van der Waals surface area contributed by atoms with Crippen LogP contribution in [0.5, 0.6) is 11.6 Å². The molecule has 0 spiro atoms. The Balaban J connectivity index is 1.22. The zero-order valence-electron chi connectivity index (χ0n) is 33.8. The van der Waals surface area contributed by atoms with Crippen LogP contribution >= 0.6 is 0 Å². The van der Waals surface area contributed by atoms with Gasteiger partial charge in [-0.3, -0.25) is 19.1 Å². The first kappa shape index (κ1) is 43.4. The van der Waals surface area contributed by atoms with E-state index in [2.05, 4.69) is 20.3 Å². The van der Waals surface area contributed by atoms with Gasteiger partial charge in [0.15, 0.2) is 0 Å². The van der Waals surface area contributed by atoms with Gasteiger partial charge in [-0.05, 0) is 101 Å². The van der Waals surface area contributed by atoms with Crippen molar-refractivity contribution in [2.45, 2.75) is 126 Å². The number of allylic oxidation sites excluding steroid dienone is 1. The Bertz CT molecular complexity index is 2160. The Morgan fingerprint density at radius 2 is 1.78 bits per heavy atom. The van der Waals surface area contributed by atoms with Gasteiger partial charge < -0.3 is 29.7 Å². The lowest BCUT2D eigenvalue weighted by molar-refractivity contribution is -0.244. The van der Waals surface area contributed by atoms with Crippen molar-refractivity contribution in [3.63, 3.8) is 0 Å². The first-order valence-electron chi connectivity index (χ1n) is 20.5. The minimum Gasteiger partial charge on any atom is -0.491 e. The van der Waals surface area contributed by atoms with E-state index in [9.17, 15) is 45.2 Å². The highest BCUT2D eigenvalue weighted by Crippen LogP contribution is 2.46. The molecule has 1 saturated heterocycles. The van der Waals surface area contributed by atoms with E-state index in [1.165, 1.54) is 24.4 Å². The summed E-state index contributed by atoms with van der Waals surface area (Å²) in [6.45, 7) is 5.10. The van der Waals surface area contributed by atoms with Crippen LogP contribution in [-0.4, -0.2) is 96.0 Å². The van der Waals surface area contributed by atoms with Gasteiger partial charge in [0.25, 0.3) is 5.91 Å². The van der Waals surface area contributed by atoms with Gasteiger partial charge in [-0.25, -0.2) is 22.6 Å². The van der Waals surface area contributed by atoms with E-state index in [4.69, 9.17) is 14.2 Å². The van der Waals surface area contributed by atoms with Gasteiger partial charge in [0.1, 0.15) is 35.3 Å². The summed E-state index contributed by atoms with van der Waals surface area (Å²) < 4.78 is 101. The van der Waals surface area contributed by atoms with Gasteiger partial charge in [-0.2, -0.15) is 13.2 Å². The molecule has 4 fully saturated rings. The maximum Gasteiger partial charge on any atom is 0.427 e. The summed E-state index contributed by atoms with van der Waals surface area (Å²) in [6.07, 6.45) is 1.83. The lowest BCUT2D eigenvalue weighted by Crippen LogP contribution is -2.59. The Kier molecular flexibility index (Phi) is 11.8. The third kappa shape index (κ3) is 9.44. The number of nitrogens with zero attached hydrogens (tertiary/aromatic N) is 2. The Hall–Kier alpha value is -4.68. The second kappa shape index (κ2) is 16.3. The lowest BCUT2D eigenvalue weighted by atomic mass is 9.88. The van der Waals surface area contributed by atoms with E-state index < -0.39 is 92.2 Å². The molecule has 19 heteroatoms. The molecular formula is C41H51F4N5O9S. The van der Waals surface area contributed by atoms with E-state index in [1.54, 1.807) is 13.0 Å². The zero-order valence-corrected chi connectivity index (χ0v) is 34.7. The molecule has 3 aliphatic carbocycles. The fraction of sp³-hybridized carbons (Fsp3) is 0.634. The van der Waals surface area contributed by atoms with Crippen LogP contribution in [0.3, 0.4) is 0 Å². The predicted octanol–water partition coefficient (Wildman–Crippen LogP) is 5.44. The predicted molar refractivity (Wildman–Crippen MR) is 208 cm³/mol. The van der Waals surface area contributed by atoms with Crippen molar-refractivity contribution < 1.29 is 59.4 Å². The molecule has 3 N–H and O–H groups in total. The molecule has 7 rings (SSSR count). The molecule has 2 aliphatic heterocycles. The summed E-state index contributed by atoms with van der Waals surface area (Å²) in [7, 11) is -4.01. The monoisotopic (exact) mass is 865 g/mol. The van der Waals surface area contributed by atoms with Crippen LogP contribution in [0.4, 0.5) is 22.4 Å². The first-order chi connectivity index (χ1) is 28.2. The van der Waals surface area contributed by atoms with E-state index in [1.807, 2.05) is 13.0 Å². The fourth-order valence-electron chi connectivity index (χ4n) is 7.97. The van der Waals surface area contributed by atoms with Crippen molar-refractivity contribution in [1.29, 1.82) is 0 Å². The topological polar surface area (TPSA) is 182 Å². The maximum atomic E-state index is 14.8. The van der Waals surface area contributed by atoms with Crippen LogP contribution in [-0.2, 0) is 29.1 Å². The van der Waals surface area contributed by atoms with Gasteiger partial charge >= 0.3 is 12.3 Å². The number of amides is 4. The average Bonchev–Trinajstić information content (AvgIpc) is 4.06. The lowest BCUT2D eigenvalue weighted by Gasteiger charge is -2.34.